The van der Waals surface area contributed by atoms with Crippen LogP contribution in [0.3, 0.4) is 0 Å². The van der Waals surface area contributed by atoms with Gasteiger partial charge in [0.1, 0.15) is 0 Å². The fraction of sp³-hybridized carbons (Fsp3) is 0.143. The lowest BCUT2D eigenvalue weighted by Gasteiger charge is -2.05. The molecule has 0 amide bonds. The van der Waals surface area contributed by atoms with Crippen LogP contribution >= 0.6 is 11.3 Å². The van der Waals surface area contributed by atoms with Gasteiger partial charge < -0.3 is 4.57 Å². The Kier molecular flexibility index (Phi) is 4.06. The number of nitrogens with one attached hydrogen (secondary N) is 1. The fourth-order valence-corrected chi connectivity index (χ4v) is 3.61. The second-order valence-corrected chi connectivity index (χ2v) is 7.29. The molecule has 3 heterocycles. The number of hydrogen-bond donors (Lipinski definition) is 1. The fourth-order valence-electron chi connectivity index (χ4n) is 1.95. The van der Waals surface area contributed by atoms with Gasteiger partial charge in [0.15, 0.2) is 5.03 Å². The Morgan fingerprint density at radius 2 is 2.18 bits per heavy atom. The predicted octanol–water partition coefficient (Wildman–Crippen LogP) is 2.02. The van der Waals surface area contributed by atoms with Crippen LogP contribution in [-0.2, 0) is 23.6 Å². The third kappa shape index (κ3) is 3.24. The highest BCUT2D eigenvalue weighted by atomic mass is 32.2. The first-order valence-electron chi connectivity index (χ1n) is 6.49. The van der Waals surface area contributed by atoms with Crippen LogP contribution in [0, 0.1) is 0 Å². The average molecular weight is 334 g/mol. The van der Waals surface area contributed by atoms with Crippen molar-refractivity contribution in [3.8, 4) is 11.1 Å². The zero-order valence-corrected chi connectivity index (χ0v) is 13.4. The molecule has 3 aromatic heterocycles. The molecule has 0 aromatic carbocycles. The molecular weight excluding hydrogens is 320 g/mol. The molecule has 114 valence electrons. The number of hydrogen-bond acceptors (Lipinski definition) is 5. The van der Waals surface area contributed by atoms with E-state index in [1.165, 1.54) is 12.5 Å². The number of aryl methyl sites for hydroxylation is 1. The maximum absolute atomic E-state index is 12.1. The van der Waals surface area contributed by atoms with Crippen molar-refractivity contribution in [1.29, 1.82) is 0 Å². The molecule has 0 spiro atoms. The molecule has 0 aliphatic carbocycles. The van der Waals surface area contributed by atoms with E-state index < -0.39 is 10.0 Å². The lowest BCUT2D eigenvalue weighted by Crippen LogP contribution is -2.23. The molecule has 22 heavy (non-hydrogen) atoms. The minimum absolute atomic E-state index is 0.0111. The third-order valence-corrected chi connectivity index (χ3v) is 5.04. The first-order chi connectivity index (χ1) is 10.5. The SMILES string of the molecule is Cn1cnc(S(=O)(=O)NCc2cncc(-c3ccsc3)c2)c1. The molecule has 3 rings (SSSR count). The second-order valence-electron chi connectivity index (χ2n) is 4.80. The van der Waals surface area contributed by atoms with Crippen LogP contribution in [0.15, 0.2) is 52.8 Å². The molecule has 0 radical (unpaired) electrons. The largest absolute Gasteiger partial charge is 0.339 e. The third-order valence-electron chi connectivity index (χ3n) is 3.07. The van der Waals surface area contributed by atoms with Gasteiger partial charge in [-0.2, -0.15) is 11.3 Å². The summed E-state index contributed by atoms with van der Waals surface area (Å²) in [7, 11) is -1.89. The summed E-state index contributed by atoms with van der Waals surface area (Å²) in [6.45, 7) is 0.171. The van der Waals surface area contributed by atoms with Crippen LogP contribution in [0.4, 0.5) is 0 Å². The summed E-state index contributed by atoms with van der Waals surface area (Å²) in [5.74, 6) is 0. The van der Waals surface area contributed by atoms with Crippen molar-refractivity contribution in [3.05, 3.63) is 53.4 Å². The van der Waals surface area contributed by atoms with E-state index in [-0.39, 0.29) is 11.6 Å². The van der Waals surface area contributed by atoms with Gasteiger partial charge in [-0.3, -0.25) is 4.98 Å². The Morgan fingerprint density at radius 3 is 2.86 bits per heavy atom. The van der Waals surface area contributed by atoms with Crippen LogP contribution in [0.5, 0.6) is 0 Å². The number of nitrogens with zero attached hydrogens (tertiary/aromatic N) is 3. The molecule has 0 bridgehead atoms. The van der Waals surface area contributed by atoms with Crippen molar-refractivity contribution in [3.63, 3.8) is 0 Å². The van der Waals surface area contributed by atoms with E-state index in [0.29, 0.717) is 0 Å². The summed E-state index contributed by atoms with van der Waals surface area (Å²) in [6, 6.07) is 3.93. The van der Waals surface area contributed by atoms with E-state index in [1.54, 1.807) is 35.3 Å². The lowest BCUT2D eigenvalue weighted by molar-refractivity contribution is 0.578. The van der Waals surface area contributed by atoms with Gasteiger partial charge in [-0.15, -0.1) is 0 Å². The Balaban J connectivity index is 1.75. The number of aromatic nitrogens is 3. The van der Waals surface area contributed by atoms with Crippen molar-refractivity contribution >= 4 is 21.4 Å². The number of pyridine rings is 1. The van der Waals surface area contributed by atoms with E-state index in [9.17, 15) is 8.42 Å². The Labute approximate surface area is 132 Å². The Hall–Kier alpha value is -2.03. The van der Waals surface area contributed by atoms with Crippen molar-refractivity contribution in [1.82, 2.24) is 19.3 Å². The minimum atomic E-state index is -3.61. The summed E-state index contributed by atoms with van der Waals surface area (Å²) < 4.78 is 28.4. The first kappa shape index (κ1) is 14.9. The normalized spacial score (nSPS) is 11.7. The summed E-state index contributed by atoms with van der Waals surface area (Å²) in [4.78, 5) is 8.02. The van der Waals surface area contributed by atoms with Crippen molar-refractivity contribution in [2.75, 3.05) is 0 Å². The molecule has 0 aliphatic heterocycles. The maximum atomic E-state index is 12.1. The lowest BCUT2D eigenvalue weighted by atomic mass is 10.1. The quantitative estimate of drug-likeness (QED) is 0.774. The molecule has 3 aromatic rings. The van der Waals surface area contributed by atoms with Gasteiger partial charge in [0.25, 0.3) is 10.0 Å². The van der Waals surface area contributed by atoms with Gasteiger partial charge in [0.05, 0.1) is 6.33 Å². The van der Waals surface area contributed by atoms with Gasteiger partial charge in [-0.1, -0.05) is 0 Å². The molecule has 8 heteroatoms. The molecule has 0 saturated carbocycles. The molecule has 0 saturated heterocycles. The Morgan fingerprint density at radius 1 is 1.32 bits per heavy atom. The Bertz CT molecular complexity index is 870. The highest BCUT2D eigenvalue weighted by Gasteiger charge is 2.16. The van der Waals surface area contributed by atoms with Crippen molar-refractivity contribution in [2.45, 2.75) is 11.6 Å². The molecule has 0 unspecified atom stereocenters. The maximum Gasteiger partial charge on any atom is 0.259 e. The average Bonchev–Trinajstić information content (AvgIpc) is 3.17. The van der Waals surface area contributed by atoms with Gasteiger partial charge in [0.2, 0.25) is 0 Å². The monoisotopic (exact) mass is 334 g/mol. The number of thiophene rings is 1. The molecule has 0 aliphatic rings. The van der Waals surface area contributed by atoms with Crippen molar-refractivity contribution in [2.24, 2.45) is 7.05 Å². The number of rotatable bonds is 5. The highest BCUT2D eigenvalue weighted by Crippen LogP contribution is 2.22. The van der Waals surface area contributed by atoms with E-state index >= 15 is 0 Å². The first-order valence-corrected chi connectivity index (χ1v) is 8.91. The highest BCUT2D eigenvalue weighted by molar-refractivity contribution is 7.89. The number of imidazole rings is 1. The van der Waals surface area contributed by atoms with Gasteiger partial charge >= 0.3 is 0 Å². The summed E-state index contributed by atoms with van der Waals surface area (Å²) in [6.07, 6.45) is 6.32. The molecule has 0 fully saturated rings. The molecule has 6 nitrogen and oxygen atoms in total. The van der Waals surface area contributed by atoms with Crippen LogP contribution in [0.1, 0.15) is 5.56 Å². The summed E-state index contributed by atoms with van der Waals surface area (Å²) in [5.41, 5.74) is 2.84. The van der Waals surface area contributed by atoms with E-state index in [0.717, 1.165) is 16.7 Å². The van der Waals surface area contributed by atoms with Gasteiger partial charge in [-0.25, -0.2) is 18.1 Å². The van der Waals surface area contributed by atoms with Crippen LogP contribution < -0.4 is 4.72 Å². The van der Waals surface area contributed by atoms with Crippen LogP contribution in [0.25, 0.3) is 11.1 Å². The minimum Gasteiger partial charge on any atom is -0.339 e. The zero-order chi connectivity index (χ0) is 15.6. The topological polar surface area (TPSA) is 76.9 Å². The van der Waals surface area contributed by atoms with E-state index in [1.807, 2.05) is 22.9 Å². The van der Waals surface area contributed by atoms with E-state index in [2.05, 4.69) is 14.7 Å². The molecule has 1 N–H and O–H groups in total. The van der Waals surface area contributed by atoms with Crippen molar-refractivity contribution < 1.29 is 8.42 Å². The van der Waals surface area contributed by atoms with Gasteiger partial charge in [-0.05, 0) is 34.0 Å². The van der Waals surface area contributed by atoms with E-state index in [4.69, 9.17) is 0 Å². The molecule has 0 atom stereocenters. The van der Waals surface area contributed by atoms with Gasteiger partial charge in [0, 0.05) is 37.7 Å². The number of sulfonamides is 1. The zero-order valence-electron chi connectivity index (χ0n) is 11.8. The summed E-state index contributed by atoms with van der Waals surface area (Å²) >= 11 is 1.61. The van der Waals surface area contributed by atoms with Crippen LogP contribution in [0.2, 0.25) is 0 Å². The summed E-state index contributed by atoms with van der Waals surface area (Å²) in [5, 5.41) is 4.03. The predicted molar refractivity (Wildman–Crippen MR) is 84.8 cm³/mol. The second kappa shape index (κ2) is 5.99. The van der Waals surface area contributed by atoms with Crippen LogP contribution in [-0.4, -0.2) is 23.0 Å². The smallest absolute Gasteiger partial charge is 0.259 e. The standard InChI is InChI=1S/C14H14N4O2S2/c1-18-8-14(16-10-18)22(19,20)17-6-11-4-13(7-15-5-11)12-2-3-21-9-12/h2-5,7-10,17H,6H2,1H3. The molecular formula is C14H14N4O2S2.